The minimum absolute atomic E-state index is 0.0234. The number of hydrogen-bond acceptors (Lipinski definition) is 4. The molecule has 0 radical (unpaired) electrons. The van der Waals surface area contributed by atoms with E-state index in [1.165, 1.54) is 17.8 Å². The first-order valence-electron chi connectivity index (χ1n) is 7.02. The maximum atomic E-state index is 13.5. The van der Waals surface area contributed by atoms with Gasteiger partial charge in [0, 0.05) is 16.2 Å². The van der Waals surface area contributed by atoms with Gasteiger partial charge in [0.25, 0.3) is 0 Å². The monoisotopic (exact) mass is 350 g/mol. The number of halogens is 2. The molecule has 3 N–H and O–H groups in total. The van der Waals surface area contributed by atoms with Crippen LogP contribution in [0.2, 0.25) is 5.02 Å². The molecule has 0 saturated carbocycles. The normalized spacial score (nSPS) is 13.3. The Morgan fingerprint density at radius 3 is 2.61 bits per heavy atom. The Morgan fingerprint density at radius 2 is 2.00 bits per heavy atom. The van der Waals surface area contributed by atoms with Gasteiger partial charge in [-0.05, 0) is 24.1 Å². The zero-order valence-electron chi connectivity index (χ0n) is 12.2. The predicted octanol–water partition coefficient (Wildman–Crippen LogP) is 3.89. The molecule has 0 bridgehead atoms. The fourth-order valence-corrected chi connectivity index (χ4v) is 3.73. The average molecular weight is 351 g/mol. The SMILES string of the molecule is N#Cc1cc(F)c(Cl)cc1S[C@H](C[C@H](N)CO)c1ccccc1. The topological polar surface area (TPSA) is 70.0 Å². The molecule has 0 fully saturated rings. The van der Waals surface area contributed by atoms with Crippen LogP contribution in [0.25, 0.3) is 0 Å². The molecule has 120 valence electrons. The molecule has 2 rings (SSSR count). The van der Waals surface area contributed by atoms with E-state index in [9.17, 15) is 14.8 Å². The fourth-order valence-electron chi connectivity index (χ4n) is 2.14. The van der Waals surface area contributed by atoms with Crippen LogP contribution in [0, 0.1) is 17.1 Å². The van der Waals surface area contributed by atoms with E-state index >= 15 is 0 Å². The summed E-state index contributed by atoms with van der Waals surface area (Å²) in [6.45, 7) is -0.126. The second kappa shape index (κ2) is 8.32. The first-order valence-corrected chi connectivity index (χ1v) is 8.28. The molecule has 0 spiro atoms. The number of rotatable bonds is 6. The number of benzene rings is 2. The van der Waals surface area contributed by atoms with Gasteiger partial charge in [-0.2, -0.15) is 5.26 Å². The Labute approximate surface area is 143 Å². The Hall–Kier alpha value is -1.58. The van der Waals surface area contributed by atoms with E-state index in [0.717, 1.165) is 11.6 Å². The minimum Gasteiger partial charge on any atom is -0.395 e. The van der Waals surface area contributed by atoms with Crippen molar-refractivity contribution in [3.8, 4) is 6.07 Å². The van der Waals surface area contributed by atoms with Gasteiger partial charge in [0.15, 0.2) is 0 Å². The highest BCUT2D eigenvalue weighted by molar-refractivity contribution is 7.99. The molecule has 2 atom stereocenters. The van der Waals surface area contributed by atoms with Crippen molar-refractivity contribution in [2.75, 3.05) is 6.61 Å². The van der Waals surface area contributed by atoms with Crippen molar-refractivity contribution >= 4 is 23.4 Å². The van der Waals surface area contributed by atoms with Crippen LogP contribution in [0.3, 0.4) is 0 Å². The van der Waals surface area contributed by atoms with Crippen molar-refractivity contribution in [2.24, 2.45) is 5.73 Å². The maximum absolute atomic E-state index is 13.5. The second-order valence-electron chi connectivity index (χ2n) is 5.07. The van der Waals surface area contributed by atoms with Crippen LogP contribution in [0.1, 0.15) is 22.8 Å². The van der Waals surface area contributed by atoms with Crippen LogP contribution in [0.15, 0.2) is 47.4 Å². The van der Waals surface area contributed by atoms with Crippen molar-refractivity contribution in [1.29, 1.82) is 5.26 Å². The maximum Gasteiger partial charge on any atom is 0.143 e. The number of nitriles is 1. The van der Waals surface area contributed by atoms with Gasteiger partial charge < -0.3 is 10.8 Å². The summed E-state index contributed by atoms with van der Waals surface area (Å²) >= 11 is 7.24. The second-order valence-corrected chi connectivity index (χ2v) is 6.72. The van der Waals surface area contributed by atoms with Crippen molar-refractivity contribution in [2.45, 2.75) is 22.6 Å². The molecule has 23 heavy (non-hydrogen) atoms. The molecule has 0 unspecified atom stereocenters. The van der Waals surface area contributed by atoms with E-state index in [1.54, 1.807) is 0 Å². The zero-order chi connectivity index (χ0) is 16.8. The van der Waals surface area contributed by atoms with Crippen molar-refractivity contribution in [3.63, 3.8) is 0 Å². The Kier molecular flexibility index (Phi) is 6.43. The number of nitrogens with two attached hydrogens (primary N) is 1. The van der Waals surface area contributed by atoms with E-state index in [2.05, 4.69) is 0 Å². The summed E-state index contributed by atoms with van der Waals surface area (Å²) < 4.78 is 13.5. The fraction of sp³-hybridized carbons (Fsp3) is 0.235. The van der Waals surface area contributed by atoms with Gasteiger partial charge in [0.05, 0.1) is 17.2 Å². The van der Waals surface area contributed by atoms with Gasteiger partial charge in [-0.3, -0.25) is 0 Å². The molecule has 0 aromatic heterocycles. The van der Waals surface area contributed by atoms with Crippen LogP contribution in [-0.4, -0.2) is 17.8 Å². The largest absolute Gasteiger partial charge is 0.395 e. The van der Waals surface area contributed by atoms with Crippen LogP contribution in [0.5, 0.6) is 0 Å². The van der Waals surface area contributed by atoms with Crippen molar-refractivity contribution in [1.82, 2.24) is 0 Å². The summed E-state index contributed by atoms with van der Waals surface area (Å²) in [5.74, 6) is -0.615. The highest BCUT2D eigenvalue weighted by atomic mass is 35.5. The van der Waals surface area contributed by atoms with Gasteiger partial charge in [-0.25, -0.2) is 4.39 Å². The van der Waals surface area contributed by atoms with Gasteiger partial charge in [0.1, 0.15) is 11.9 Å². The molecular formula is C17H16ClFN2OS. The molecule has 2 aromatic carbocycles. The Morgan fingerprint density at radius 1 is 1.30 bits per heavy atom. The lowest BCUT2D eigenvalue weighted by Gasteiger charge is -2.20. The molecule has 3 nitrogen and oxygen atoms in total. The number of hydrogen-bond donors (Lipinski definition) is 2. The summed E-state index contributed by atoms with van der Waals surface area (Å²) in [5, 5.41) is 18.3. The average Bonchev–Trinajstić information content (AvgIpc) is 2.57. The Bertz CT molecular complexity index is 706. The third kappa shape index (κ3) is 4.69. The first kappa shape index (κ1) is 17.8. The minimum atomic E-state index is -0.615. The molecule has 0 saturated heterocycles. The van der Waals surface area contributed by atoms with Crippen LogP contribution >= 0.6 is 23.4 Å². The number of aliphatic hydroxyl groups excluding tert-OH is 1. The van der Waals surface area contributed by atoms with E-state index in [4.69, 9.17) is 17.3 Å². The van der Waals surface area contributed by atoms with E-state index in [0.29, 0.717) is 11.3 Å². The lowest BCUT2D eigenvalue weighted by molar-refractivity contribution is 0.259. The summed E-state index contributed by atoms with van der Waals surface area (Å²) in [7, 11) is 0. The number of thioether (sulfide) groups is 1. The van der Waals surface area contributed by atoms with Gasteiger partial charge in [0.2, 0.25) is 0 Å². The van der Waals surface area contributed by atoms with Gasteiger partial charge in [-0.1, -0.05) is 41.9 Å². The summed E-state index contributed by atoms with van der Waals surface area (Å²) in [6, 6.07) is 13.9. The number of aliphatic hydroxyl groups is 1. The Balaban J connectivity index is 2.35. The third-order valence-corrected chi connectivity index (χ3v) is 4.97. The van der Waals surface area contributed by atoms with E-state index in [1.807, 2.05) is 36.4 Å². The molecule has 0 aliphatic carbocycles. The molecule has 6 heteroatoms. The molecule has 2 aromatic rings. The lowest BCUT2D eigenvalue weighted by atomic mass is 10.1. The highest BCUT2D eigenvalue weighted by Crippen LogP contribution is 2.41. The molecule has 0 heterocycles. The first-order chi connectivity index (χ1) is 11.0. The lowest BCUT2D eigenvalue weighted by Crippen LogP contribution is -2.26. The third-order valence-electron chi connectivity index (χ3n) is 3.33. The molecule has 0 amide bonds. The van der Waals surface area contributed by atoms with Crippen LogP contribution in [0.4, 0.5) is 4.39 Å². The van der Waals surface area contributed by atoms with E-state index in [-0.39, 0.29) is 28.5 Å². The molecule has 0 aliphatic heterocycles. The van der Waals surface area contributed by atoms with E-state index < -0.39 is 5.82 Å². The zero-order valence-corrected chi connectivity index (χ0v) is 13.8. The summed E-state index contributed by atoms with van der Waals surface area (Å²) in [5.41, 5.74) is 7.13. The van der Waals surface area contributed by atoms with Crippen molar-refractivity contribution in [3.05, 3.63) is 64.4 Å². The number of nitrogens with zero attached hydrogens (tertiary/aromatic N) is 1. The summed E-state index contributed by atoms with van der Waals surface area (Å²) in [4.78, 5) is 0.595. The predicted molar refractivity (Wildman–Crippen MR) is 90.8 cm³/mol. The highest BCUT2D eigenvalue weighted by Gasteiger charge is 2.19. The smallest absolute Gasteiger partial charge is 0.143 e. The molecule has 0 aliphatic rings. The quantitative estimate of drug-likeness (QED) is 0.775. The summed E-state index contributed by atoms with van der Waals surface area (Å²) in [6.07, 6.45) is 0.519. The standard InChI is InChI=1S/C17H16ClFN2OS/c18-14-8-17(12(9-20)6-15(14)19)23-16(7-13(21)10-22)11-4-2-1-3-5-11/h1-6,8,13,16,22H,7,10,21H2/t13-,16+/m0/s1. The molecular weight excluding hydrogens is 335 g/mol. The van der Waals surface area contributed by atoms with Gasteiger partial charge in [-0.15, -0.1) is 11.8 Å². The van der Waals surface area contributed by atoms with Crippen molar-refractivity contribution < 1.29 is 9.50 Å². The van der Waals surface area contributed by atoms with Crippen LogP contribution < -0.4 is 5.73 Å². The van der Waals surface area contributed by atoms with Gasteiger partial charge >= 0.3 is 0 Å². The van der Waals surface area contributed by atoms with Crippen LogP contribution in [-0.2, 0) is 0 Å².